The van der Waals surface area contributed by atoms with Crippen LogP contribution in [0.2, 0.25) is 0 Å². The number of nitrogens with zero attached hydrogens (tertiary/aromatic N) is 3. The Morgan fingerprint density at radius 3 is 2.93 bits per heavy atom. The van der Waals surface area contributed by atoms with E-state index >= 15 is 0 Å². The number of aromatic amines is 1. The summed E-state index contributed by atoms with van der Waals surface area (Å²) in [5.41, 5.74) is 0.824. The van der Waals surface area contributed by atoms with Gasteiger partial charge in [0.15, 0.2) is 0 Å². The van der Waals surface area contributed by atoms with Crippen LogP contribution in [-0.4, -0.2) is 27.3 Å². The number of hydrogen-bond donors (Lipinski definition) is 1. The van der Waals surface area contributed by atoms with Gasteiger partial charge in [0, 0.05) is 6.07 Å². The maximum Gasteiger partial charge on any atom is 0.242 e. The van der Waals surface area contributed by atoms with E-state index in [4.69, 9.17) is 17.0 Å². The second-order valence-corrected chi connectivity index (χ2v) is 3.96. The number of halogens is 1. The molecule has 1 heterocycles. The summed E-state index contributed by atoms with van der Waals surface area (Å²) >= 11 is 8.36. The van der Waals surface area contributed by atoms with Crippen molar-refractivity contribution in [1.82, 2.24) is 20.2 Å². The molecule has 0 bridgehead atoms. The fourth-order valence-electron chi connectivity index (χ4n) is 1.15. The Morgan fingerprint density at radius 2 is 2.33 bits per heavy atom. The lowest BCUT2D eigenvalue weighted by molar-refractivity contribution is 0.412. The highest BCUT2D eigenvalue weighted by Crippen LogP contribution is 2.26. The molecular weight excluding hydrogens is 280 g/mol. The predicted molar refractivity (Wildman–Crippen MR) is 60.8 cm³/mol. The standard InChI is InChI=1S/C8H7BrN4OS/c1-14-7-4-5(2-3-6(7)9)13-8(15)10-11-12-13/h2-4H,1H3,(H,10,12,15). The first-order valence-corrected chi connectivity index (χ1v) is 5.26. The number of benzene rings is 1. The van der Waals surface area contributed by atoms with Gasteiger partial charge in [0.05, 0.1) is 17.3 Å². The Balaban J connectivity index is 2.55. The first-order valence-electron chi connectivity index (χ1n) is 4.06. The van der Waals surface area contributed by atoms with Crippen molar-refractivity contribution in [1.29, 1.82) is 0 Å². The minimum atomic E-state index is 0.374. The molecule has 2 rings (SSSR count). The van der Waals surface area contributed by atoms with Gasteiger partial charge in [-0.25, -0.2) is 4.68 Å². The predicted octanol–water partition coefficient (Wildman–Crippen LogP) is 2.10. The Labute approximate surface area is 99.2 Å². The lowest BCUT2D eigenvalue weighted by atomic mass is 10.3. The third kappa shape index (κ3) is 1.93. The fraction of sp³-hybridized carbons (Fsp3) is 0.125. The second-order valence-electron chi connectivity index (χ2n) is 2.74. The summed E-state index contributed by atoms with van der Waals surface area (Å²) in [6.45, 7) is 0. The molecule has 0 fully saturated rings. The molecule has 0 saturated heterocycles. The van der Waals surface area contributed by atoms with E-state index in [0.717, 1.165) is 15.9 Å². The molecule has 0 aliphatic rings. The lowest BCUT2D eigenvalue weighted by Crippen LogP contribution is -1.97. The van der Waals surface area contributed by atoms with Crippen molar-refractivity contribution in [2.45, 2.75) is 0 Å². The minimum absolute atomic E-state index is 0.374. The van der Waals surface area contributed by atoms with Crippen LogP contribution >= 0.6 is 28.1 Å². The van der Waals surface area contributed by atoms with E-state index in [2.05, 4.69) is 31.5 Å². The zero-order valence-electron chi connectivity index (χ0n) is 7.77. The molecule has 7 heteroatoms. The largest absolute Gasteiger partial charge is 0.495 e. The van der Waals surface area contributed by atoms with Gasteiger partial charge in [-0.3, -0.25) is 0 Å². The monoisotopic (exact) mass is 286 g/mol. The van der Waals surface area contributed by atoms with E-state index < -0.39 is 0 Å². The molecule has 2 aromatic rings. The van der Waals surface area contributed by atoms with Gasteiger partial charge in [-0.15, -0.1) is 0 Å². The van der Waals surface area contributed by atoms with Crippen molar-refractivity contribution >= 4 is 28.1 Å². The average Bonchev–Trinajstić information content (AvgIpc) is 2.65. The highest BCUT2D eigenvalue weighted by atomic mass is 79.9. The SMILES string of the molecule is COc1cc(-n2[nH]nnc2=S)ccc1Br. The Bertz CT molecular complexity index is 535. The van der Waals surface area contributed by atoms with Gasteiger partial charge in [0.25, 0.3) is 0 Å². The molecule has 0 spiro atoms. The highest BCUT2D eigenvalue weighted by Gasteiger charge is 2.04. The van der Waals surface area contributed by atoms with E-state index in [1.807, 2.05) is 18.2 Å². The van der Waals surface area contributed by atoms with E-state index in [0.29, 0.717) is 4.77 Å². The van der Waals surface area contributed by atoms with Gasteiger partial charge < -0.3 is 4.74 Å². The Hall–Kier alpha value is -1.21. The number of tetrazole rings is 1. The second kappa shape index (κ2) is 4.11. The van der Waals surface area contributed by atoms with Gasteiger partial charge >= 0.3 is 0 Å². The van der Waals surface area contributed by atoms with Gasteiger partial charge in [-0.05, 0) is 40.3 Å². The number of methoxy groups -OCH3 is 1. The van der Waals surface area contributed by atoms with Gasteiger partial charge in [-0.2, -0.15) is 5.21 Å². The van der Waals surface area contributed by atoms with Gasteiger partial charge in [0.2, 0.25) is 4.77 Å². The third-order valence-electron chi connectivity index (χ3n) is 1.86. The van der Waals surface area contributed by atoms with Crippen molar-refractivity contribution in [2.75, 3.05) is 7.11 Å². The van der Waals surface area contributed by atoms with E-state index in [1.54, 1.807) is 11.8 Å². The van der Waals surface area contributed by atoms with Crippen LogP contribution in [0.5, 0.6) is 5.75 Å². The molecule has 0 atom stereocenters. The number of rotatable bonds is 2. The molecule has 0 amide bonds. The van der Waals surface area contributed by atoms with Crippen molar-refractivity contribution in [2.24, 2.45) is 0 Å². The van der Waals surface area contributed by atoms with Crippen molar-refractivity contribution in [3.63, 3.8) is 0 Å². The first-order chi connectivity index (χ1) is 7.22. The first kappa shape index (κ1) is 10.3. The summed E-state index contributed by atoms with van der Waals surface area (Å²) in [7, 11) is 1.61. The van der Waals surface area contributed by atoms with Crippen LogP contribution in [0.25, 0.3) is 5.69 Å². The average molecular weight is 287 g/mol. The lowest BCUT2D eigenvalue weighted by Gasteiger charge is -2.06. The van der Waals surface area contributed by atoms with Gasteiger partial charge in [0.1, 0.15) is 5.75 Å². The van der Waals surface area contributed by atoms with Crippen molar-refractivity contribution in [3.8, 4) is 11.4 Å². The zero-order valence-corrected chi connectivity index (χ0v) is 10.2. The molecule has 15 heavy (non-hydrogen) atoms. The summed E-state index contributed by atoms with van der Waals surface area (Å²) in [4.78, 5) is 0. The quantitative estimate of drug-likeness (QED) is 0.859. The fourth-order valence-corrected chi connectivity index (χ4v) is 1.75. The summed E-state index contributed by atoms with van der Waals surface area (Å²) in [5.74, 6) is 0.726. The highest BCUT2D eigenvalue weighted by molar-refractivity contribution is 9.10. The topological polar surface area (TPSA) is 55.7 Å². The Kier molecular flexibility index (Phi) is 2.83. The molecule has 0 aliphatic heterocycles. The molecule has 1 aromatic carbocycles. The third-order valence-corrected chi connectivity index (χ3v) is 2.78. The number of aromatic nitrogens is 4. The van der Waals surface area contributed by atoms with Crippen LogP contribution in [-0.2, 0) is 0 Å². The van der Waals surface area contributed by atoms with Crippen molar-refractivity contribution < 1.29 is 4.74 Å². The number of H-pyrrole nitrogens is 1. The molecule has 78 valence electrons. The van der Waals surface area contributed by atoms with Crippen LogP contribution < -0.4 is 4.74 Å². The van der Waals surface area contributed by atoms with Crippen molar-refractivity contribution in [3.05, 3.63) is 27.4 Å². The molecule has 0 aliphatic carbocycles. The van der Waals surface area contributed by atoms with Crippen LogP contribution in [0.4, 0.5) is 0 Å². The molecule has 1 N–H and O–H groups in total. The zero-order chi connectivity index (χ0) is 10.8. The van der Waals surface area contributed by atoms with Crippen LogP contribution in [0.3, 0.4) is 0 Å². The summed E-state index contributed by atoms with van der Waals surface area (Å²) < 4.78 is 8.02. The summed E-state index contributed by atoms with van der Waals surface area (Å²) in [5, 5.41) is 9.97. The molecule has 1 aromatic heterocycles. The summed E-state index contributed by atoms with van der Waals surface area (Å²) in [6, 6.07) is 5.58. The minimum Gasteiger partial charge on any atom is -0.495 e. The summed E-state index contributed by atoms with van der Waals surface area (Å²) in [6.07, 6.45) is 0. The molecule has 0 radical (unpaired) electrons. The van der Waals surface area contributed by atoms with Crippen LogP contribution in [0.1, 0.15) is 0 Å². The molecular formula is C8H7BrN4OS. The maximum atomic E-state index is 5.17. The smallest absolute Gasteiger partial charge is 0.242 e. The van der Waals surface area contributed by atoms with Crippen LogP contribution in [0, 0.1) is 4.77 Å². The maximum absolute atomic E-state index is 5.17. The van der Waals surface area contributed by atoms with Gasteiger partial charge in [-0.1, -0.05) is 10.3 Å². The Morgan fingerprint density at radius 1 is 1.53 bits per heavy atom. The van der Waals surface area contributed by atoms with E-state index in [9.17, 15) is 0 Å². The van der Waals surface area contributed by atoms with Crippen LogP contribution in [0.15, 0.2) is 22.7 Å². The number of hydrogen-bond acceptors (Lipinski definition) is 4. The van der Waals surface area contributed by atoms with E-state index in [1.165, 1.54) is 0 Å². The molecule has 5 nitrogen and oxygen atoms in total. The number of nitrogens with one attached hydrogen (secondary N) is 1. The number of ether oxygens (including phenoxy) is 1. The van der Waals surface area contributed by atoms with E-state index in [-0.39, 0.29) is 0 Å². The molecule has 0 saturated carbocycles. The normalized spacial score (nSPS) is 10.3. The molecule has 0 unspecified atom stereocenters.